The largest absolute Gasteiger partial charge is 0.345 e. The summed E-state index contributed by atoms with van der Waals surface area (Å²) < 4.78 is 2.71. The highest BCUT2D eigenvalue weighted by Crippen LogP contribution is 2.61. The molecule has 0 aliphatic heterocycles. The van der Waals surface area contributed by atoms with Crippen LogP contribution in [-0.4, -0.2) is 20.1 Å². The Morgan fingerprint density at radius 1 is 1.24 bits per heavy atom. The second-order valence-corrected chi connectivity index (χ2v) is 7.80. The predicted molar refractivity (Wildman–Crippen MR) is 77.7 cm³/mol. The molecule has 0 amide bonds. The number of carbonyl (C=O) groups excluding carboxylic acids is 1. The van der Waals surface area contributed by atoms with E-state index in [0.717, 1.165) is 17.8 Å². The molecule has 5 nitrogen and oxygen atoms in total. The Balaban J connectivity index is 1.47. The molecule has 114 valence electrons. The summed E-state index contributed by atoms with van der Waals surface area (Å²) in [5.41, 5.74) is 0.0614. The van der Waals surface area contributed by atoms with Gasteiger partial charge >= 0.3 is 5.69 Å². The molecule has 0 aromatic carbocycles. The molecule has 0 N–H and O–H groups in total. The minimum absolute atomic E-state index is 0.189. The predicted octanol–water partition coefficient (Wildman–Crippen LogP) is 1.76. The quantitative estimate of drug-likeness (QED) is 0.848. The van der Waals surface area contributed by atoms with Gasteiger partial charge in [0.25, 0.3) is 0 Å². The number of hydrogen-bond donors (Lipinski definition) is 0. The van der Waals surface area contributed by atoms with Crippen LogP contribution in [0.2, 0.25) is 0 Å². The molecule has 5 heteroatoms. The summed E-state index contributed by atoms with van der Waals surface area (Å²) in [6.45, 7) is 0.189. The lowest BCUT2D eigenvalue weighted by Gasteiger charge is -2.56. The van der Waals surface area contributed by atoms with Crippen molar-refractivity contribution in [3.8, 4) is 0 Å². The van der Waals surface area contributed by atoms with E-state index in [9.17, 15) is 9.59 Å². The maximum atomic E-state index is 12.5. The third kappa shape index (κ3) is 2.27. The van der Waals surface area contributed by atoms with Gasteiger partial charge in [0, 0.05) is 13.5 Å². The molecule has 21 heavy (non-hydrogen) atoms. The summed E-state index contributed by atoms with van der Waals surface area (Å²) in [5, 5.41) is 3.91. The van der Waals surface area contributed by atoms with Gasteiger partial charge in [0.15, 0.2) is 5.78 Å². The van der Waals surface area contributed by atoms with Crippen molar-refractivity contribution in [2.45, 2.75) is 51.5 Å². The number of Topliss-reactive ketones (excluding diaryl/α,β-unsaturated/α-hetero) is 1. The molecule has 0 atom stereocenters. The number of aromatic nitrogens is 3. The van der Waals surface area contributed by atoms with E-state index in [1.165, 1.54) is 54.1 Å². The van der Waals surface area contributed by atoms with E-state index in [2.05, 4.69) is 5.10 Å². The topological polar surface area (TPSA) is 56.9 Å². The van der Waals surface area contributed by atoms with E-state index < -0.39 is 0 Å². The molecule has 1 heterocycles. The Labute approximate surface area is 124 Å². The number of aryl methyl sites for hydroxylation is 1. The fourth-order valence-corrected chi connectivity index (χ4v) is 5.70. The van der Waals surface area contributed by atoms with Crippen molar-refractivity contribution < 1.29 is 4.79 Å². The maximum Gasteiger partial charge on any atom is 0.345 e. The molecule has 0 spiro atoms. The van der Waals surface area contributed by atoms with Crippen LogP contribution in [0, 0.1) is 23.2 Å². The van der Waals surface area contributed by atoms with Gasteiger partial charge in [-0.05, 0) is 61.7 Å². The number of ketones is 1. The molecular formula is C16H23N3O2. The first kappa shape index (κ1) is 13.3. The van der Waals surface area contributed by atoms with Crippen LogP contribution in [0.4, 0.5) is 0 Å². The van der Waals surface area contributed by atoms with Gasteiger partial charge in [0.05, 0.1) is 6.54 Å². The van der Waals surface area contributed by atoms with Crippen LogP contribution >= 0.6 is 0 Å². The first-order valence-corrected chi connectivity index (χ1v) is 8.13. The Kier molecular flexibility index (Phi) is 2.88. The monoisotopic (exact) mass is 289 g/mol. The van der Waals surface area contributed by atoms with Gasteiger partial charge in [-0.3, -0.25) is 9.36 Å². The molecule has 5 rings (SSSR count). The molecule has 0 radical (unpaired) electrons. The average Bonchev–Trinajstić information content (AvgIpc) is 2.68. The van der Waals surface area contributed by atoms with E-state index in [1.807, 2.05) is 0 Å². The van der Waals surface area contributed by atoms with Crippen molar-refractivity contribution in [1.29, 1.82) is 0 Å². The van der Waals surface area contributed by atoms with Gasteiger partial charge in [-0.15, -0.1) is 0 Å². The standard InChI is InChI=1S/C16H23N3O2/c1-18-15(21)19(10-17-18)9-14(20)8-16-5-11-2-12(6-16)4-13(3-11)7-16/h10-13H,2-9H2,1H3. The van der Waals surface area contributed by atoms with Crippen LogP contribution in [0.3, 0.4) is 0 Å². The van der Waals surface area contributed by atoms with E-state index in [0.29, 0.717) is 6.42 Å². The Morgan fingerprint density at radius 3 is 2.29 bits per heavy atom. The Bertz CT molecular complexity index is 592. The zero-order valence-corrected chi connectivity index (χ0v) is 12.6. The van der Waals surface area contributed by atoms with E-state index in [1.54, 1.807) is 7.05 Å². The molecule has 4 saturated carbocycles. The van der Waals surface area contributed by atoms with Gasteiger partial charge in [0.1, 0.15) is 6.33 Å². The zero-order chi connectivity index (χ0) is 14.6. The first-order chi connectivity index (χ1) is 10.0. The third-order valence-corrected chi connectivity index (χ3v) is 5.97. The second kappa shape index (κ2) is 4.55. The fraction of sp³-hybridized carbons (Fsp3) is 0.812. The number of carbonyl (C=O) groups is 1. The lowest BCUT2D eigenvalue weighted by Crippen LogP contribution is -2.47. The summed E-state index contributed by atoms with van der Waals surface area (Å²) in [6.07, 6.45) is 10.1. The van der Waals surface area contributed by atoms with Crippen molar-refractivity contribution in [1.82, 2.24) is 14.3 Å². The van der Waals surface area contributed by atoms with E-state index >= 15 is 0 Å². The van der Waals surface area contributed by atoms with Crippen LogP contribution in [-0.2, 0) is 18.4 Å². The highest BCUT2D eigenvalue weighted by molar-refractivity contribution is 5.79. The highest BCUT2D eigenvalue weighted by Gasteiger charge is 2.51. The molecule has 1 aromatic heterocycles. The van der Waals surface area contributed by atoms with Crippen molar-refractivity contribution in [3.63, 3.8) is 0 Å². The minimum atomic E-state index is -0.200. The van der Waals surface area contributed by atoms with Crippen LogP contribution in [0.25, 0.3) is 0 Å². The van der Waals surface area contributed by atoms with E-state index in [4.69, 9.17) is 0 Å². The Hall–Kier alpha value is -1.39. The lowest BCUT2D eigenvalue weighted by molar-refractivity contribution is -0.128. The second-order valence-electron chi connectivity index (χ2n) is 7.80. The number of hydrogen-bond acceptors (Lipinski definition) is 3. The average molecular weight is 289 g/mol. The summed E-state index contributed by atoms with van der Waals surface area (Å²) in [6, 6.07) is 0. The molecule has 4 fully saturated rings. The van der Waals surface area contributed by atoms with Gasteiger partial charge in [-0.1, -0.05) is 0 Å². The van der Waals surface area contributed by atoms with Crippen molar-refractivity contribution >= 4 is 5.78 Å². The number of nitrogens with zero attached hydrogens (tertiary/aromatic N) is 3. The maximum absolute atomic E-state index is 12.5. The van der Waals surface area contributed by atoms with Gasteiger partial charge in [0.2, 0.25) is 0 Å². The number of rotatable bonds is 4. The van der Waals surface area contributed by atoms with Crippen molar-refractivity contribution in [2.75, 3.05) is 0 Å². The van der Waals surface area contributed by atoms with E-state index in [-0.39, 0.29) is 23.4 Å². The van der Waals surface area contributed by atoms with Gasteiger partial charge < -0.3 is 0 Å². The van der Waals surface area contributed by atoms with Gasteiger partial charge in [-0.2, -0.15) is 5.10 Å². The normalized spacial score (nSPS) is 37.1. The van der Waals surface area contributed by atoms with Gasteiger partial charge in [-0.25, -0.2) is 9.48 Å². The SMILES string of the molecule is Cn1ncn(CC(=O)CC23CC4CC(CC(C4)C2)C3)c1=O. The van der Waals surface area contributed by atoms with Crippen molar-refractivity contribution in [3.05, 3.63) is 16.8 Å². The molecule has 4 bridgehead atoms. The summed E-state index contributed by atoms with van der Waals surface area (Å²) in [4.78, 5) is 24.2. The van der Waals surface area contributed by atoms with Crippen molar-refractivity contribution in [2.24, 2.45) is 30.2 Å². The Morgan fingerprint density at radius 2 is 1.81 bits per heavy atom. The smallest absolute Gasteiger partial charge is 0.298 e. The molecule has 0 unspecified atom stereocenters. The minimum Gasteiger partial charge on any atom is -0.298 e. The first-order valence-electron chi connectivity index (χ1n) is 8.13. The third-order valence-electron chi connectivity index (χ3n) is 5.97. The van der Waals surface area contributed by atoms with Crippen LogP contribution in [0.15, 0.2) is 11.1 Å². The summed E-state index contributed by atoms with van der Waals surface area (Å²) in [5.74, 6) is 2.80. The van der Waals surface area contributed by atoms with Crippen LogP contribution in [0.5, 0.6) is 0 Å². The van der Waals surface area contributed by atoms with Crippen LogP contribution < -0.4 is 5.69 Å². The molecule has 1 aromatic rings. The summed E-state index contributed by atoms with van der Waals surface area (Å²) in [7, 11) is 1.61. The van der Waals surface area contributed by atoms with Crippen LogP contribution in [0.1, 0.15) is 44.9 Å². The fourth-order valence-electron chi connectivity index (χ4n) is 5.70. The molecular weight excluding hydrogens is 266 g/mol. The summed E-state index contributed by atoms with van der Waals surface area (Å²) >= 11 is 0. The zero-order valence-electron chi connectivity index (χ0n) is 12.6. The molecule has 4 aliphatic carbocycles. The highest BCUT2D eigenvalue weighted by atomic mass is 16.2. The molecule has 0 saturated heterocycles. The molecule has 4 aliphatic rings. The lowest BCUT2D eigenvalue weighted by atomic mass is 9.48.